The van der Waals surface area contributed by atoms with Gasteiger partial charge in [0.25, 0.3) is 0 Å². The molecule has 0 saturated heterocycles. The van der Waals surface area contributed by atoms with Crippen molar-refractivity contribution in [3.63, 3.8) is 0 Å². The van der Waals surface area contributed by atoms with Gasteiger partial charge in [0.15, 0.2) is 0 Å². The Hall–Kier alpha value is -2.07. The fourth-order valence-electron chi connectivity index (χ4n) is 1.53. The number of nitrogens with zero attached hydrogens (tertiary/aromatic N) is 1. The van der Waals surface area contributed by atoms with Gasteiger partial charge in [-0.15, -0.1) is 0 Å². The summed E-state index contributed by atoms with van der Waals surface area (Å²) < 4.78 is 0. The van der Waals surface area contributed by atoms with Gasteiger partial charge in [0.1, 0.15) is 5.82 Å². The maximum Gasteiger partial charge on any atom is 0.307 e. The van der Waals surface area contributed by atoms with E-state index in [0.717, 1.165) is 5.69 Å². The Labute approximate surface area is 109 Å². The van der Waals surface area contributed by atoms with Crippen LogP contribution >= 0.6 is 11.6 Å². The van der Waals surface area contributed by atoms with Crippen molar-refractivity contribution in [3.8, 4) is 0 Å². The predicted octanol–water partition coefficient (Wildman–Crippen LogP) is 3.11. The highest BCUT2D eigenvalue weighted by Gasteiger charge is 2.07. The fraction of sp³-hybridized carbons (Fsp3) is 0.0769. The summed E-state index contributed by atoms with van der Waals surface area (Å²) in [5.74, 6) is -0.343. The zero-order valence-electron chi connectivity index (χ0n) is 9.43. The number of pyridine rings is 1. The molecule has 92 valence electrons. The van der Waals surface area contributed by atoms with Crippen molar-refractivity contribution in [3.05, 3.63) is 53.2 Å². The van der Waals surface area contributed by atoms with Gasteiger partial charge < -0.3 is 10.4 Å². The molecule has 18 heavy (non-hydrogen) atoms. The van der Waals surface area contributed by atoms with Crippen molar-refractivity contribution in [2.75, 3.05) is 5.32 Å². The van der Waals surface area contributed by atoms with Crippen molar-refractivity contribution >= 4 is 29.1 Å². The number of benzene rings is 1. The monoisotopic (exact) mass is 262 g/mol. The van der Waals surface area contributed by atoms with E-state index in [2.05, 4.69) is 10.3 Å². The van der Waals surface area contributed by atoms with Gasteiger partial charge in [-0.05, 0) is 30.3 Å². The van der Waals surface area contributed by atoms with Gasteiger partial charge in [0, 0.05) is 22.5 Å². The van der Waals surface area contributed by atoms with E-state index in [0.29, 0.717) is 16.4 Å². The van der Waals surface area contributed by atoms with E-state index in [4.69, 9.17) is 16.7 Å². The molecule has 0 aliphatic heterocycles. The largest absolute Gasteiger partial charge is 0.481 e. The molecule has 0 spiro atoms. The van der Waals surface area contributed by atoms with E-state index >= 15 is 0 Å². The lowest BCUT2D eigenvalue weighted by atomic mass is 10.2. The molecule has 0 radical (unpaired) electrons. The third-order valence-electron chi connectivity index (χ3n) is 2.34. The molecule has 0 saturated carbocycles. The lowest BCUT2D eigenvalue weighted by molar-refractivity contribution is -0.136. The van der Waals surface area contributed by atoms with E-state index in [1.165, 1.54) is 0 Å². The molecule has 0 amide bonds. The second-order valence-electron chi connectivity index (χ2n) is 3.71. The number of hydrogen-bond acceptors (Lipinski definition) is 3. The Balaban J connectivity index is 2.23. The van der Waals surface area contributed by atoms with E-state index in [-0.39, 0.29) is 6.42 Å². The van der Waals surface area contributed by atoms with Crippen LogP contribution in [0.5, 0.6) is 0 Å². The molecule has 4 nitrogen and oxygen atoms in total. The standard InChI is InChI=1S/C13H11ClN2O2/c14-10-3-5-11(6-4-10)16-13-9(8-12(17)18)2-1-7-15-13/h1-7H,8H2,(H,15,16)(H,17,18). The first-order chi connectivity index (χ1) is 8.65. The van der Waals surface area contributed by atoms with Crippen LogP contribution in [0.3, 0.4) is 0 Å². The number of carboxylic acids is 1. The van der Waals surface area contributed by atoms with Crippen LogP contribution in [0, 0.1) is 0 Å². The minimum atomic E-state index is -0.887. The number of halogens is 1. The molecule has 0 atom stereocenters. The third-order valence-corrected chi connectivity index (χ3v) is 2.59. The molecule has 0 aliphatic rings. The normalized spacial score (nSPS) is 10.1. The second-order valence-corrected chi connectivity index (χ2v) is 4.15. The average molecular weight is 263 g/mol. The SMILES string of the molecule is O=C(O)Cc1cccnc1Nc1ccc(Cl)cc1. The Morgan fingerprint density at radius 3 is 2.67 bits per heavy atom. The van der Waals surface area contributed by atoms with Crippen LogP contribution < -0.4 is 5.32 Å². The van der Waals surface area contributed by atoms with Crippen molar-refractivity contribution in [1.82, 2.24) is 4.98 Å². The molecule has 1 aromatic heterocycles. The van der Waals surface area contributed by atoms with Crippen LogP contribution in [0.4, 0.5) is 11.5 Å². The van der Waals surface area contributed by atoms with Gasteiger partial charge in [-0.3, -0.25) is 4.79 Å². The maximum absolute atomic E-state index is 10.7. The van der Waals surface area contributed by atoms with Crippen LogP contribution in [-0.4, -0.2) is 16.1 Å². The summed E-state index contributed by atoms with van der Waals surface area (Å²) >= 11 is 5.79. The Morgan fingerprint density at radius 1 is 1.28 bits per heavy atom. The van der Waals surface area contributed by atoms with Gasteiger partial charge in [0.05, 0.1) is 6.42 Å². The maximum atomic E-state index is 10.7. The topological polar surface area (TPSA) is 62.2 Å². The molecule has 0 unspecified atom stereocenters. The zero-order valence-corrected chi connectivity index (χ0v) is 10.2. The number of rotatable bonds is 4. The zero-order chi connectivity index (χ0) is 13.0. The summed E-state index contributed by atoms with van der Waals surface area (Å²) in [6, 6.07) is 10.6. The molecule has 0 aliphatic carbocycles. The lowest BCUT2D eigenvalue weighted by Crippen LogP contribution is -2.05. The van der Waals surface area contributed by atoms with Crippen molar-refractivity contribution in [1.29, 1.82) is 0 Å². The smallest absolute Gasteiger partial charge is 0.307 e. The lowest BCUT2D eigenvalue weighted by Gasteiger charge is -2.09. The fourth-order valence-corrected chi connectivity index (χ4v) is 1.65. The quantitative estimate of drug-likeness (QED) is 0.889. The number of nitrogens with one attached hydrogen (secondary N) is 1. The molecular weight excluding hydrogens is 252 g/mol. The minimum absolute atomic E-state index is 0.0657. The molecule has 0 bridgehead atoms. The Kier molecular flexibility index (Phi) is 3.79. The van der Waals surface area contributed by atoms with Crippen LogP contribution in [-0.2, 0) is 11.2 Å². The molecule has 2 aromatic rings. The summed E-state index contributed by atoms with van der Waals surface area (Å²) in [5, 5.41) is 12.5. The van der Waals surface area contributed by atoms with E-state index in [1.54, 1.807) is 30.5 Å². The molecule has 2 N–H and O–H groups in total. The van der Waals surface area contributed by atoms with Gasteiger partial charge in [-0.25, -0.2) is 4.98 Å². The molecular formula is C13H11ClN2O2. The van der Waals surface area contributed by atoms with Crippen LogP contribution in [0.2, 0.25) is 5.02 Å². The number of carboxylic acid groups (broad SMARTS) is 1. The number of aromatic nitrogens is 1. The summed E-state index contributed by atoms with van der Waals surface area (Å²) in [7, 11) is 0. The molecule has 1 aromatic carbocycles. The summed E-state index contributed by atoms with van der Waals surface area (Å²) in [6.07, 6.45) is 1.55. The number of carbonyl (C=O) groups is 1. The van der Waals surface area contributed by atoms with Crippen molar-refractivity contribution < 1.29 is 9.90 Å². The first-order valence-corrected chi connectivity index (χ1v) is 5.71. The summed E-state index contributed by atoms with van der Waals surface area (Å²) in [4.78, 5) is 14.9. The number of aliphatic carboxylic acids is 1. The summed E-state index contributed by atoms with van der Waals surface area (Å²) in [6.45, 7) is 0. The predicted molar refractivity (Wildman–Crippen MR) is 70.3 cm³/mol. The average Bonchev–Trinajstić information content (AvgIpc) is 2.34. The minimum Gasteiger partial charge on any atom is -0.481 e. The number of hydrogen-bond donors (Lipinski definition) is 2. The van der Waals surface area contributed by atoms with E-state index in [9.17, 15) is 4.79 Å². The summed E-state index contributed by atoms with van der Waals surface area (Å²) in [5.41, 5.74) is 1.45. The van der Waals surface area contributed by atoms with Crippen LogP contribution in [0.1, 0.15) is 5.56 Å². The van der Waals surface area contributed by atoms with Crippen molar-refractivity contribution in [2.45, 2.75) is 6.42 Å². The molecule has 5 heteroatoms. The highest BCUT2D eigenvalue weighted by molar-refractivity contribution is 6.30. The van der Waals surface area contributed by atoms with Gasteiger partial charge >= 0.3 is 5.97 Å². The van der Waals surface area contributed by atoms with Gasteiger partial charge in [0.2, 0.25) is 0 Å². The highest BCUT2D eigenvalue weighted by Crippen LogP contribution is 2.20. The van der Waals surface area contributed by atoms with Crippen LogP contribution in [0.15, 0.2) is 42.6 Å². The Bertz CT molecular complexity index is 555. The van der Waals surface area contributed by atoms with E-state index in [1.807, 2.05) is 12.1 Å². The first-order valence-electron chi connectivity index (χ1n) is 5.33. The molecule has 0 fully saturated rings. The first kappa shape index (κ1) is 12.4. The highest BCUT2D eigenvalue weighted by atomic mass is 35.5. The van der Waals surface area contributed by atoms with Crippen molar-refractivity contribution in [2.24, 2.45) is 0 Å². The van der Waals surface area contributed by atoms with E-state index < -0.39 is 5.97 Å². The second kappa shape index (κ2) is 5.51. The van der Waals surface area contributed by atoms with Gasteiger partial charge in [-0.2, -0.15) is 0 Å². The number of anilines is 2. The third kappa shape index (κ3) is 3.21. The van der Waals surface area contributed by atoms with Crippen LogP contribution in [0.25, 0.3) is 0 Å². The molecule has 2 rings (SSSR count). The molecule has 1 heterocycles. The Morgan fingerprint density at radius 2 is 2.00 bits per heavy atom. The van der Waals surface area contributed by atoms with Gasteiger partial charge in [-0.1, -0.05) is 17.7 Å².